The average Bonchev–Trinajstić information content (AvgIpc) is 2.74. The fraction of sp³-hybridized carbons (Fsp3) is 0.167. The molecule has 3 heteroatoms. The van der Waals surface area contributed by atoms with E-state index in [2.05, 4.69) is 29.6 Å². The van der Waals surface area contributed by atoms with Crippen LogP contribution in [0.5, 0.6) is 5.75 Å². The Morgan fingerprint density at radius 3 is 2.60 bits per heavy atom. The van der Waals surface area contributed by atoms with Crippen LogP contribution in [0.4, 0.5) is 0 Å². The summed E-state index contributed by atoms with van der Waals surface area (Å²) in [5.74, 6) is 0.938. The molecule has 0 N–H and O–H groups in total. The van der Waals surface area contributed by atoms with Crippen molar-refractivity contribution in [3.8, 4) is 5.75 Å². The molecule has 0 saturated heterocycles. The van der Waals surface area contributed by atoms with Gasteiger partial charge in [0.15, 0.2) is 0 Å². The molecule has 0 fully saturated rings. The number of rotatable bonds is 4. The summed E-state index contributed by atoms with van der Waals surface area (Å²) < 4.78 is 6.71. The molecule has 2 rings (SSSR count). The number of benzene rings is 1. The summed E-state index contributed by atoms with van der Waals surface area (Å²) in [5.41, 5.74) is 0. The average molecular weight is 236 g/mol. The molecule has 0 atom stereocenters. The maximum Gasteiger partial charge on any atom is 0.119 e. The van der Waals surface area contributed by atoms with Crippen LogP contribution in [-0.4, -0.2) is 6.61 Å². The van der Waals surface area contributed by atoms with Crippen molar-refractivity contribution < 1.29 is 4.74 Å². The minimum Gasteiger partial charge on any atom is -0.494 e. The van der Waals surface area contributed by atoms with Gasteiger partial charge in [0.1, 0.15) is 5.75 Å². The van der Waals surface area contributed by atoms with Crippen LogP contribution in [0.3, 0.4) is 0 Å². The van der Waals surface area contributed by atoms with E-state index >= 15 is 0 Å². The van der Waals surface area contributed by atoms with E-state index < -0.39 is 0 Å². The van der Waals surface area contributed by atoms with Crippen LogP contribution >= 0.6 is 23.1 Å². The number of ether oxygens (including phenoxy) is 1. The van der Waals surface area contributed by atoms with Crippen molar-refractivity contribution in [2.24, 2.45) is 0 Å². The Hall–Kier alpha value is -0.930. The highest BCUT2D eigenvalue weighted by atomic mass is 32.2. The quantitative estimate of drug-likeness (QED) is 0.783. The van der Waals surface area contributed by atoms with E-state index in [1.807, 2.05) is 19.1 Å². The molecule has 0 unspecified atom stereocenters. The largest absolute Gasteiger partial charge is 0.494 e. The third kappa shape index (κ3) is 3.01. The van der Waals surface area contributed by atoms with E-state index in [0.717, 1.165) is 12.4 Å². The summed E-state index contributed by atoms with van der Waals surface area (Å²) in [6.07, 6.45) is 0. The minimum atomic E-state index is 0.720. The predicted octanol–water partition coefficient (Wildman–Crippen LogP) is 4.30. The summed E-state index contributed by atoms with van der Waals surface area (Å²) in [7, 11) is 0. The van der Waals surface area contributed by atoms with Crippen LogP contribution in [0, 0.1) is 0 Å². The topological polar surface area (TPSA) is 9.23 Å². The molecular formula is C12H12OS2. The van der Waals surface area contributed by atoms with Gasteiger partial charge in [-0.2, -0.15) is 0 Å². The number of thiophene rings is 1. The molecule has 15 heavy (non-hydrogen) atoms. The maximum atomic E-state index is 5.39. The van der Waals surface area contributed by atoms with Gasteiger partial charge in [-0.15, -0.1) is 11.3 Å². The van der Waals surface area contributed by atoms with Crippen molar-refractivity contribution in [3.63, 3.8) is 0 Å². The van der Waals surface area contributed by atoms with E-state index in [-0.39, 0.29) is 0 Å². The molecule has 2 aromatic rings. The highest BCUT2D eigenvalue weighted by molar-refractivity contribution is 8.01. The molecule has 0 aliphatic rings. The van der Waals surface area contributed by atoms with Crippen molar-refractivity contribution in [3.05, 3.63) is 41.8 Å². The van der Waals surface area contributed by atoms with E-state index in [9.17, 15) is 0 Å². The second-order valence-corrected chi connectivity index (χ2v) is 5.26. The zero-order valence-corrected chi connectivity index (χ0v) is 10.1. The van der Waals surface area contributed by atoms with Gasteiger partial charge in [0, 0.05) is 4.90 Å². The lowest BCUT2D eigenvalue weighted by atomic mass is 10.3. The minimum absolute atomic E-state index is 0.720. The van der Waals surface area contributed by atoms with E-state index in [1.54, 1.807) is 23.1 Å². The zero-order chi connectivity index (χ0) is 10.5. The van der Waals surface area contributed by atoms with Gasteiger partial charge in [-0.25, -0.2) is 0 Å². The lowest BCUT2D eigenvalue weighted by molar-refractivity contribution is 0.340. The molecule has 0 bridgehead atoms. The normalized spacial score (nSPS) is 10.2. The zero-order valence-electron chi connectivity index (χ0n) is 8.47. The lowest BCUT2D eigenvalue weighted by Gasteiger charge is -2.03. The molecule has 78 valence electrons. The van der Waals surface area contributed by atoms with Gasteiger partial charge in [-0.05, 0) is 42.6 Å². The van der Waals surface area contributed by atoms with Crippen molar-refractivity contribution in [1.82, 2.24) is 0 Å². The first-order valence-electron chi connectivity index (χ1n) is 4.82. The molecule has 1 aromatic carbocycles. The Kier molecular flexibility index (Phi) is 3.69. The summed E-state index contributed by atoms with van der Waals surface area (Å²) in [6.45, 7) is 2.71. The Balaban J connectivity index is 2.04. The van der Waals surface area contributed by atoms with Crippen molar-refractivity contribution in [2.45, 2.75) is 16.0 Å². The molecule has 1 nitrogen and oxygen atoms in total. The fourth-order valence-corrected chi connectivity index (χ4v) is 2.96. The second kappa shape index (κ2) is 5.24. The van der Waals surface area contributed by atoms with Crippen molar-refractivity contribution in [1.29, 1.82) is 0 Å². The molecule has 0 aliphatic carbocycles. The van der Waals surface area contributed by atoms with Crippen LogP contribution in [0.15, 0.2) is 50.9 Å². The molecule has 0 radical (unpaired) electrons. The monoisotopic (exact) mass is 236 g/mol. The van der Waals surface area contributed by atoms with Crippen LogP contribution < -0.4 is 4.74 Å². The molecule has 0 amide bonds. The molecule has 0 aliphatic heterocycles. The van der Waals surface area contributed by atoms with Gasteiger partial charge < -0.3 is 4.74 Å². The van der Waals surface area contributed by atoms with E-state index in [0.29, 0.717) is 0 Å². The molecule has 0 spiro atoms. The first-order valence-corrected chi connectivity index (χ1v) is 6.52. The van der Waals surface area contributed by atoms with E-state index in [1.165, 1.54) is 9.10 Å². The van der Waals surface area contributed by atoms with Crippen molar-refractivity contribution >= 4 is 23.1 Å². The highest BCUT2D eigenvalue weighted by Crippen LogP contribution is 2.31. The standard InChI is InChI=1S/C12H12OS2/c1-2-13-10-5-7-11(8-6-10)15-12-4-3-9-14-12/h3-9H,2H2,1H3. The van der Waals surface area contributed by atoms with Crippen LogP contribution in [-0.2, 0) is 0 Å². The summed E-state index contributed by atoms with van der Waals surface area (Å²) >= 11 is 3.55. The van der Waals surface area contributed by atoms with Gasteiger partial charge in [-0.1, -0.05) is 17.8 Å². The Morgan fingerprint density at radius 1 is 1.20 bits per heavy atom. The smallest absolute Gasteiger partial charge is 0.119 e. The highest BCUT2D eigenvalue weighted by Gasteiger charge is 1.98. The first-order chi connectivity index (χ1) is 7.38. The van der Waals surface area contributed by atoms with Crippen molar-refractivity contribution in [2.75, 3.05) is 6.61 Å². The second-order valence-electron chi connectivity index (χ2n) is 2.94. The lowest BCUT2D eigenvalue weighted by Crippen LogP contribution is -1.90. The number of hydrogen-bond acceptors (Lipinski definition) is 3. The van der Waals surface area contributed by atoms with Gasteiger partial charge in [-0.3, -0.25) is 0 Å². The predicted molar refractivity (Wildman–Crippen MR) is 66.1 cm³/mol. The SMILES string of the molecule is CCOc1ccc(Sc2cccs2)cc1. The molecule has 0 saturated carbocycles. The molecular weight excluding hydrogens is 224 g/mol. The van der Waals surface area contributed by atoms with Gasteiger partial charge in [0.25, 0.3) is 0 Å². The maximum absolute atomic E-state index is 5.39. The van der Waals surface area contributed by atoms with Crippen LogP contribution in [0.1, 0.15) is 6.92 Å². The van der Waals surface area contributed by atoms with Gasteiger partial charge in [0.05, 0.1) is 10.8 Å². The van der Waals surface area contributed by atoms with E-state index in [4.69, 9.17) is 4.74 Å². The Morgan fingerprint density at radius 2 is 2.00 bits per heavy atom. The number of hydrogen-bond donors (Lipinski definition) is 0. The van der Waals surface area contributed by atoms with Crippen LogP contribution in [0.25, 0.3) is 0 Å². The summed E-state index contributed by atoms with van der Waals surface area (Å²) in [6, 6.07) is 12.4. The Labute approximate surface area is 98.1 Å². The molecule has 1 aromatic heterocycles. The van der Waals surface area contributed by atoms with Crippen LogP contribution in [0.2, 0.25) is 0 Å². The third-order valence-electron chi connectivity index (χ3n) is 1.85. The third-order valence-corrected chi connectivity index (χ3v) is 3.89. The first kappa shape index (κ1) is 10.6. The summed E-state index contributed by atoms with van der Waals surface area (Å²) in [5, 5.41) is 2.09. The fourth-order valence-electron chi connectivity index (χ4n) is 1.21. The van der Waals surface area contributed by atoms with Gasteiger partial charge >= 0.3 is 0 Å². The van der Waals surface area contributed by atoms with Gasteiger partial charge in [0.2, 0.25) is 0 Å². The Bertz CT molecular complexity index is 392. The summed E-state index contributed by atoms with van der Waals surface area (Å²) in [4.78, 5) is 1.25. The molecule has 1 heterocycles.